The lowest BCUT2D eigenvalue weighted by molar-refractivity contribution is 0.278. The minimum Gasteiger partial charge on any atom is -0.462 e. The molecule has 0 spiro atoms. The molecule has 0 aliphatic carbocycles. The van der Waals surface area contributed by atoms with Crippen LogP contribution in [0.15, 0.2) is 130 Å². The fourth-order valence-corrected chi connectivity index (χ4v) is 4.63. The molecule has 1 heterocycles. The zero-order chi connectivity index (χ0) is 24.0. The molecule has 0 bridgehead atoms. The first kappa shape index (κ1) is 24.0. The maximum absolute atomic E-state index is 5.74. The molecule has 0 fully saturated rings. The Morgan fingerprint density at radius 2 is 1.29 bits per heavy atom. The molecular weight excluding hydrogens is 552 g/mol. The number of rotatable bonds is 4. The van der Waals surface area contributed by atoms with Gasteiger partial charge in [-0.3, -0.25) is 0 Å². The summed E-state index contributed by atoms with van der Waals surface area (Å²) in [6, 6.07) is 36.8. The van der Waals surface area contributed by atoms with Crippen LogP contribution in [0, 0.1) is 0 Å². The summed E-state index contributed by atoms with van der Waals surface area (Å²) < 4.78 is 7.53. The standard InChI is InChI=1S/C15H13BrN2O.C14H11Br/c16-13-8-4-7-12(9-13)15(10-19-14(17)18-15)11-5-2-1-3-6-11;1-11(12-6-3-2-4-7-12)13-8-5-9-14(15)10-13/h1-9H,10H2,(H2,17,18);2-10H,1H2. The third-order valence-electron chi connectivity index (χ3n) is 5.58. The second kappa shape index (κ2) is 10.9. The number of hydrogen-bond donors (Lipinski definition) is 1. The topological polar surface area (TPSA) is 47.6 Å². The molecule has 34 heavy (non-hydrogen) atoms. The SMILES string of the molecule is C=C(c1ccccc1)c1cccc(Br)c1.NC1=NC(c2ccccc2)(c2cccc(Br)c2)CO1. The molecular formula is C29H24Br2N2O. The van der Waals surface area contributed by atoms with Crippen LogP contribution in [0.5, 0.6) is 0 Å². The normalized spacial score (nSPS) is 16.6. The summed E-state index contributed by atoms with van der Waals surface area (Å²) in [6.45, 7) is 4.55. The van der Waals surface area contributed by atoms with Gasteiger partial charge in [-0.25, -0.2) is 4.99 Å². The molecule has 4 aromatic carbocycles. The highest BCUT2D eigenvalue weighted by molar-refractivity contribution is 9.10. The number of amidine groups is 1. The van der Waals surface area contributed by atoms with E-state index in [4.69, 9.17) is 10.5 Å². The van der Waals surface area contributed by atoms with Gasteiger partial charge in [-0.05, 0) is 52.1 Å². The van der Waals surface area contributed by atoms with E-state index in [1.54, 1.807) is 0 Å². The third kappa shape index (κ3) is 5.49. The number of halogens is 2. The third-order valence-corrected chi connectivity index (χ3v) is 6.57. The summed E-state index contributed by atoms with van der Waals surface area (Å²) >= 11 is 6.96. The molecule has 1 aliphatic rings. The minimum absolute atomic E-state index is 0.240. The predicted molar refractivity (Wildman–Crippen MR) is 148 cm³/mol. The first-order valence-electron chi connectivity index (χ1n) is 10.8. The maximum Gasteiger partial charge on any atom is 0.283 e. The average molecular weight is 576 g/mol. The molecule has 4 aromatic rings. The van der Waals surface area contributed by atoms with E-state index >= 15 is 0 Å². The van der Waals surface area contributed by atoms with Gasteiger partial charge < -0.3 is 10.5 Å². The van der Waals surface area contributed by atoms with Gasteiger partial charge in [-0.1, -0.05) is 123 Å². The van der Waals surface area contributed by atoms with Crippen LogP contribution in [-0.4, -0.2) is 12.6 Å². The number of aliphatic imine (C=N–C) groups is 1. The van der Waals surface area contributed by atoms with Crippen LogP contribution in [0.3, 0.4) is 0 Å². The molecule has 0 amide bonds. The molecule has 0 saturated carbocycles. The van der Waals surface area contributed by atoms with Crippen molar-refractivity contribution in [2.45, 2.75) is 5.54 Å². The van der Waals surface area contributed by atoms with E-state index in [0.29, 0.717) is 6.61 Å². The number of hydrogen-bond acceptors (Lipinski definition) is 3. The van der Waals surface area contributed by atoms with E-state index in [0.717, 1.165) is 36.8 Å². The van der Waals surface area contributed by atoms with E-state index in [9.17, 15) is 0 Å². The second-order valence-corrected chi connectivity index (χ2v) is 9.66. The van der Waals surface area contributed by atoms with Crippen LogP contribution in [0.4, 0.5) is 0 Å². The van der Waals surface area contributed by atoms with Crippen molar-refractivity contribution in [2.24, 2.45) is 10.7 Å². The van der Waals surface area contributed by atoms with Gasteiger partial charge in [0.1, 0.15) is 6.61 Å². The monoisotopic (exact) mass is 574 g/mol. The Bertz CT molecular complexity index is 1310. The summed E-state index contributed by atoms with van der Waals surface area (Å²) in [7, 11) is 0. The molecule has 1 aliphatic heterocycles. The van der Waals surface area contributed by atoms with Gasteiger partial charge in [0, 0.05) is 8.95 Å². The van der Waals surface area contributed by atoms with Gasteiger partial charge in [0.05, 0.1) is 0 Å². The van der Waals surface area contributed by atoms with Crippen molar-refractivity contribution < 1.29 is 4.74 Å². The van der Waals surface area contributed by atoms with Crippen molar-refractivity contribution >= 4 is 43.5 Å². The summed E-state index contributed by atoms with van der Waals surface area (Å²) in [5.74, 6) is 0. The molecule has 0 aromatic heterocycles. The lowest BCUT2D eigenvalue weighted by atomic mass is 9.84. The van der Waals surface area contributed by atoms with E-state index < -0.39 is 5.54 Å². The highest BCUT2D eigenvalue weighted by Crippen LogP contribution is 2.38. The van der Waals surface area contributed by atoms with Crippen LogP contribution in [0.2, 0.25) is 0 Å². The van der Waals surface area contributed by atoms with E-state index in [1.165, 1.54) is 0 Å². The molecule has 0 radical (unpaired) electrons. The van der Waals surface area contributed by atoms with Gasteiger partial charge >= 0.3 is 0 Å². The Morgan fingerprint density at radius 3 is 1.88 bits per heavy atom. The zero-order valence-corrected chi connectivity index (χ0v) is 21.7. The summed E-state index contributed by atoms with van der Waals surface area (Å²) in [5.41, 5.74) is 10.7. The quantitative estimate of drug-likeness (QED) is 0.273. The van der Waals surface area contributed by atoms with Crippen molar-refractivity contribution in [2.75, 3.05) is 6.61 Å². The van der Waals surface area contributed by atoms with Gasteiger partial charge in [0.25, 0.3) is 6.02 Å². The van der Waals surface area contributed by atoms with Crippen molar-refractivity contribution in [1.29, 1.82) is 0 Å². The smallest absolute Gasteiger partial charge is 0.283 e. The number of ether oxygens (including phenoxy) is 1. The van der Waals surface area contributed by atoms with Crippen LogP contribution >= 0.6 is 31.9 Å². The Hall–Kier alpha value is -3.15. The highest BCUT2D eigenvalue weighted by Gasteiger charge is 2.39. The van der Waals surface area contributed by atoms with Crippen LogP contribution in [-0.2, 0) is 10.3 Å². The van der Waals surface area contributed by atoms with Gasteiger partial charge in [0.15, 0.2) is 5.54 Å². The molecule has 170 valence electrons. The van der Waals surface area contributed by atoms with Gasteiger partial charge in [-0.2, -0.15) is 0 Å². The first-order chi connectivity index (χ1) is 16.5. The lowest BCUT2D eigenvalue weighted by Gasteiger charge is -2.25. The van der Waals surface area contributed by atoms with Crippen LogP contribution in [0.25, 0.3) is 5.57 Å². The fourth-order valence-electron chi connectivity index (χ4n) is 3.84. The Kier molecular flexibility index (Phi) is 7.66. The average Bonchev–Trinajstić information content (AvgIpc) is 3.28. The number of nitrogens with two attached hydrogens (primary N) is 1. The first-order valence-corrected chi connectivity index (χ1v) is 12.4. The Balaban J connectivity index is 0.000000166. The largest absolute Gasteiger partial charge is 0.462 e. The minimum atomic E-state index is -0.547. The van der Waals surface area contributed by atoms with Crippen molar-refractivity contribution in [3.63, 3.8) is 0 Å². The predicted octanol–water partition coefficient (Wildman–Crippen LogP) is 7.55. The number of nitrogens with zero attached hydrogens (tertiary/aromatic N) is 1. The van der Waals surface area contributed by atoms with E-state index in [-0.39, 0.29) is 6.02 Å². The molecule has 1 unspecified atom stereocenters. The molecule has 1 atom stereocenters. The van der Waals surface area contributed by atoms with Crippen molar-refractivity contribution in [3.8, 4) is 0 Å². The van der Waals surface area contributed by atoms with Crippen molar-refractivity contribution in [3.05, 3.63) is 147 Å². The van der Waals surface area contributed by atoms with E-state index in [2.05, 4.69) is 73.8 Å². The second-order valence-electron chi connectivity index (χ2n) is 7.83. The zero-order valence-electron chi connectivity index (χ0n) is 18.5. The van der Waals surface area contributed by atoms with Crippen LogP contribution in [0.1, 0.15) is 22.3 Å². The summed E-state index contributed by atoms with van der Waals surface area (Å²) in [4.78, 5) is 4.55. The Labute approximate surface area is 217 Å². The maximum atomic E-state index is 5.74. The van der Waals surface area contributed by atoms with Gasteiger partial charge in [-0.15, -0.1) is 0 Å². The fraction of sp³-hybridized carbons (Fsp3) is 0.0690. The lowest BCUT2D eigenvalue weighted by Crippen LogP contribution is -2.27. The highest BCUT2D eigenvalue weighted by atomic mass is 79.9. The molecule has 0 saturated heterocycles. The molecule has 5 rings (SSSR count). The number of benzene rings is 4. The summed E-state index contributed by atoms with van der Waals surface area (Å²) in [5, 5.41) is 0. The molecule has 5 heteroatoms. The molecule has 2 N–H and O–H groups in total. The van der Waals surface area contributed by atoms with Crippen molar-refractivity contribution in [1.82, 2.24) is 0 Å². The Morgan fingerprint density at radius 1 is 0.735 bits per heavy atom. The summed E-state index contributed by atoms with van der Waals surface area (Å²) in [6.07, 6.45) is 0. The van der Waals surface area contributed by atoms with Gasteiger partial charge in [0.2, 0.25) is 0 Å². The molecule has 3 nitrogen and oxygen atoms in total. The van der Waals surface area contributed by atoms with Crippen LogP contribution < -0.4 is 5.73 Å². The van der Waals surface area contributed by atoms with E-state index in [1.807, 2.05) is 78.9 Å².